The number of aromatic nitrogens is 2. The lowest BCUT2D eigenvalue weighted by molar-refractivity contribution is 0.959. The van der Waals surface area contributed by atoms with E-state index in [0.29, 0.717) is 4.64 Å². The zero-order valence-electron chi connectivity index (χ0n) is 10.4. The fraction of sp³-hybridized carbons (Fsp3) is 0. The van der Waals surface area contributed by atoms with Gasteiger partial charge in [0.15, 0.2) is 5.82 Å². The Hall–Kier alpha value is -2.53. The number of nitrogens with one attached hydrogen (secondary N) is 1. The summed E-state index contributed by atoms with van der Waals surface area (Å²) in [4.78, 5) is 0. The second-order valence-electron chi connectivity index (χ2n) is 4.54. The molecule has 0 aliphatic carbocycles. The van der Waals surface area contributed by atoms with Crippen LogP contribution in [0.25, 0.3) is 10.8 Å². The first kappa shape index (κ1) is 11.3. The molecule has 3 aromatic rings. The second-order valence-corrected chi connectivity index (χ2v) is 4.95. The van der Waals surface area contributed by atoms with Gasteiger partial charge in [-0.25, -0.2) is 5.01 Å². The Morgan fingerprint density at radius 1 is 1.00 bits per heavy atom. The van der Waals surface area contributed by atoms with Gasteiger partial charge in [0.1, 0.15) is 4.64 Å². The van der Waals surface area contributed by atoms with Crippen LogP contribution in [0.3, 0.4) is 0 Å². The largest absolute Gasteiger partial charge is 0.265 e. The number of hydrogen-bond donors (Lipinski definition) is 1. The van der Waals surface area contributed by atoms with E-state index in [4.69, 9.17) is 12.2 Å². The number of nitrogens with zero attached hydrogens (tertiary/aromatic N) is 3. The first-order valence-electron chi connectivity index (χ1n) is 6.25. The van der Waals surface area contributed by atoms with Crippen LogP contribution >= 0.6 is 12.2 Å². The molecule has 1 aliphatic heterocycles. The molecule has 0 unspecified atom stereocenters. The van der Waals surface area contributed by atoms with Gasteiger partial charge in [-0.15, -0.1) is 0 Å². The highest BCUT2D eigenvalue weighted by Gasteiger charge is 2.19. The van der Waals surface area contributed by atoms with Crippen molar-refractivity contribution < 1.29 is 0 Å². The van der Waals surface area contributed by atoms with Crippen molar-refractivity contribution in [2.24, 2.45) is 5.10 Å². The van der Waals surface area contributed by atoms with Crippen molar-refractivity contribution in [3.8, 4) is 0 Å². The Labute approximate surface area is 120 Å². The van der Waals surface area contributed by atoms with Gasteiger partial charge in [-0.2, -0.15) is 10.2 Å². The van der Waals surface area contributed by atoms with Crippen LogP contribution in [-0.2, 0) is 0 Å². The Kier molecular flexibility index (Phi) is 2.40. The minimum atomic E-state index is 0.647. The molecule has 1 aromatic heterocycles. The molecule has 0 radical (unpaired) electrons. The van der Waals surface area contributed by atoms with Crippen molar-refractivity contribution in [1.82, 2.24) is 10.2 Å². The predicted molar refractivity (Wildman–Crippen MR) is 83.1 cm³/mol. The summed E-state index contributed by atoms with van der Waals surface area (Å²) in [5, 5.41) is 15.6. The Balaban J connectivity index is 2.05. The molecule has 2 aromatic carbocycles. The fourth-order valence-corrected chi connectivity index (χ4v) is 2.64. The number of hydrogen-bond acceptors (Lipinski definition) is 4. The molecule has 0 spiro atoms. The molecule has 1 aliphatic rings. The number of aromatic amines is 1. The van der Waals surface area contributed by atoms with Gasteiger partial charge < -0.3 is 0 Å². The molecule has 20 heavy (non-hydrogen) atoms. The number of rotatable bonds is 1. The zero-order chi connectivity index (χ0) is 13.5. The molecule has 2 heterocycles. The standard InChI is InChI=1S/C15H10N4S/c20-15-12-8-4-5-10-9-16-19(11-6-2-1-3-7-11)14(13(10)12)17-18-15/h1-9H,(H,18,20). The molecular weight excluding hydrogens is 268 g/mol. The van der Waals surface area contributed by atoms with E-state index in [-0.39, 0.29) is 0 Å². The maximum Gasteiger partial charge on any atom is 0.182 e. The van der Waals surface area contributed by atoms with E-state index in [2.05, 4.69) is 15.3 Å². The van der Waals surface area contributed by atoms with E-state index in [0.717, 1.165) is 27.8 Å². The quantitative estimate of drug-likeness (QED) is 0.689. The Morgan fingerprint density at radius 2 is 1.85 bits per heavy atom. The first-order valence-corrected chi connectivity index (χ1v) is 6.66. The lowest BCUT2D eigenvalue weighted by Gasteiger charge is -2.23. The summed E-state index contributed by atoms with van der Waals surface area (Å²) in [6, 6.07) is 15.9. The molecule has 4 rings (SSSR count). The maximum atomic E-state index is 5.32. The van der Waals surface area contributed by atoms with Gasteiger partial charge in [-0.3, -0.25) is 5.10 Å². The Bertz CT molecular complexity index is 883. The summed E-state index contributed by atoms with van der Waals surface area (Å²) in [7, 11) is 0. The van der Waals surface area contributed by atoms with Crippen LogP contribution in [0.5, 0.6) is 0 Å². The molecule has 0 atom stereocenters. The van der Waals surface area contributed by atoms with Crippen LogP contribution in [0.15, 0.2) is 53.6 Å². The first-order chi connectivity index (χ1) is 9.84. The van der Waals surface area contributed by atoms with E-state index in [1.807, 2.05) is 59.8 Å². The summed E-state index contributed by atoms with van der Waals surface area (Å²) in [6.45, 7) is 0. The number of hydrazone groups is 1. The van der Waals surface area contributed by atoms with Crippen molar-refractivity contribution in [3.63, 3.8) is 0 Å². The monoisotopic (exact) mass is 278 g/mol. The SMILES string of the molecule is S=c1[nH]nc2c3c(cccc13)C=NN2c1ccccc1. The molecule has 5 heteroatoms. The highest BCUT2D eigenvalue weighted by molar-refractivity contribution is 7.71. The van der Waals surface area contributed by atoms with Crippen molar-refractivity contribution in [1.29, 1.82) is 0 Å². The third-order valence-corrected chi connectivity index (χ3v) is 3.65. The summed E-state index contributed by atoms with van der Waals surface area (Å²) in [6.07, 6.45) is 1.85. The number of para-hydroxylation sites is 1. The Morgan fingerprint density at radius 3 is 2.70 bits per heavy atom. The van der Waals surface area contributed by atoms with Crippen LogP contribution in [0, 0.1) is 4.64 Å². The third kappa shape index (κ3) is 1.57. The molecule has 0 amide bonds. The van der Waals surface area contributed by atoms with Gasteiger partial charge in [0.05, 0.1) is 11.9 Å². The van der Waals surface area contributed by atoms with Gasteiger partial charge in [0.25, 0.3) is 0 Å². The average Bonchev–Trinajstić information content (AvgIpc) is 2.52. The number of H-pyrrole nitrogens is 1. The normalized spacial score (nSPS) is 12.9. The van der Waals surface area contributed by atoms with E-state index in [9.17, 15) is 0 Å². The summed E-state index contributed by atoms with van der Waals surface area (Å²) >= 11 is 5.32. The summed E-state index contributed by atoms with van der Waals surface area (Å²) < 4.78 is 0.647. The highest BCUT2D eigenvalue weighted by Crippen LogP contribution is 2.34. The average molecular weight is 278 g/mol. The molecule has 0 fully saturated rings. The lowest BCUT2D eigenvalue weighted by atomic mass is 10.1. The number of benzene rings is 2. The molecular formula is C15H10N4S. The summed E-state index contributed by atoms with van der Waals surface area (Å²) in [5.41, 5.74) is 2.01. The van der Waals surface area contributed by atoms with Crippen LogP contribution in [-0.4, -0.2) is 16.4 Å². The number of anilines is 2. The molecule has 0 saturated heterocycles. The van der Waals surface area contributed by atoms with Crippen LogP contribution in [0.2, 0.25) is 0 Å². The third-order valence-electron chi connectivity index (χ3n) is 3.34. The highest BCUT2D eigenvalue weighted by atomic mass is 32.1. The zero-order valence-corrected chi connectivity index (χ0v) is 11.3. The van der Waals surface area contributed by atoms with Gasteiger partial charge in [0.2, 0.25) is 0 Å². The van der Waals surface area contributed by atoms with Crippen LogP contribution in [0.4, 0.5) is 11.5 Å². The molecule has 1 N–H and O–H groups in total. The molecule has 0 saturated carbocycles. The lowest BCUT2D eigenvalue weighted by Crippen LogP contribution is -2.16. The fourth-order valence-electron chi connectivity index (χ4n) is 2.42. The van der Waals surface area contributed by atoms with Crippen molar-refractivity contribution in [3.05, 3.63) is 58.7 Å². The molecule has 96 valence electrons. The van der Waals surface area contributed by atoms with Gasteiger partial charge in [0, 0.05) is 16.3 Å². The van der Waals surface area contributed by atoms with Crippen molar-refractivity contribution >= 4 is 40.7 Å². The topological polar surface area (TPSA) is 44.3 Å². The van der Waals surface area contributed by atoms with E-state index >= 15 is 0 Å². The van der Waals surface area contributed by atoms with Gasteiger partial charge >= 0.3 is 0 Å². The van der Waals surface area contributed by atoms with Crippen LogP contribution in [0.1, 0.15) is 5.56 Å². The molecule has 4 nitrogen and oxygen atoms in total. The molecule has 0 bridgehead atoms. The van der Waals surface area contributed by atoms with Crippen molar-refractivity contribution in [2.45, 2.75) is 0 Å². The maximum absolute atomic E-state index is 5.32. The van der Waals surface area contributed by atoms with Crippen molar-refractivity contribution in [2.75, 3.05) is 5.01 Å². The smallest absolute Gasteiger partial charge is 0.182 e. The van der Waals surface area contributed by atoms with Crippen LogP contribution < -0.4 is 5.01 Å². The second kappa shape index (κ2) is 4.25. The van der Waals surface area contributed by atoms with Gasteiger partial charge in [-0.1, -0.05) is 48.6 Å². The minimum absolute atomic E-state index is 0.647. The van der Waals surface area contributed by atoms with E-state index < -0.39 is 0 Å². The minimum Gasteiger partial charge on any atom is -0.265 e. The van der Waals surface area contributed by atoms with Gasteiger partial charge in [-0.05, 0) is 12.1 Å². The van der Waals surface area contributed by atoms with E-state index in [1.165, 1.54) is 0 Å². The summed E-state index contributed by atoms with van der Waals surface area (Å²) in [5.74, 6) is 0.776. The van der Waals surface area contributed by atoms with E-state index in [1.54, 1.807) is 0 Å². The predicted octanol–water partition coefficient (Wildman–Crippen LogP) is 3.78.